The van der Waals surface area contributed by atoms with Crippen LogP contribution in [0.4, 0.5) is 11.6 Å². The predicted octanol–water partition coefficient (Wildman–Crippen LogP) is 2.73. The van der Waals surface area contributed by atoms with Crippen molar-refractivity contribution in [1.29, 1.82) is 0 Å². The highest BCUT2D eigenvalue weighted by Crippen LogP contribution is 2.51. The molecule has 2 aliphatic carbocycles. The number of fused-ring (bicyclic) bond motifs is 2. The van der Waals surface area contributed by atoms with E-state index in [1.807, 2.05) is 13.0 Å². The fourth-order valence-electron chi connectivity index (χ4n) is 5.63. The number of nitrogens with one attached hydrogen (secondary N) is 1. The predicted molar refractivity (Wildman–Crippen MR) is 126 cm³/mol. The van der Waals surface area contributed by atoms with Gasteiger partial charge in [0.1, 0.15) is 11.6 Å². The summed E-state index contributed by atoms with van der Waals surface area (Å²) < 4.78 is 1.80. The quantitative estimate of drug-likeness (QED) is 0.629. The smallest absolute Gasteiger partial charge is 0.254 e. The van der Waals surface area contributed by atoms with Gasteiger partial charge in [0.05, 0.1) is 24.3 Å². The van der Waals surface area contributed by atoms with Crippen LogP contribution in [0.2, 0.25) is 0 Å². The third-order valence-electron chi connectivity index (χ3n) is 7.84. The minimum Gasteiger partial charge on any atom is -0.383 e. The topological polar surface area (TPSA) is 102 Å². The molecule has 4 atom stereocenters. The van der Waals surface area contributed by atoms with Gasteiger partial charge in [-0.3, -0.25) is 9.48 Å². The first-order valence-electron chi connectivity index (χ1n) is 11.8. The number of carbonyl (C=O) groups is 1. The van der Waals surface area contributed by atoms with Crippen molar-refractivity contribution in [2.45, 2.75) is 39.3 Å². The van der Waals surface area contributed by atoms with Gasteiger partial charge in [-0.05, 0) is 66.3 Å². The SMILES string of the molecule is Cc1nc(N2C[C@@H]3[C@H](C)[C@@H]3C2)ccc1Cn1cc(C(=O)N[C@@H]2CCc3c2ccnc3N)cn1. The Hall–Kier alpha value is -3.42. The monoisotopic (exact) mass is 443 g/mol. The molecule has 0 bridgehead atoms. The van der Waals surface area contributed by atoms with Crippen LogP contribution in [0.5, 0.6) is 0 Å². The lowest BCUT2D eigenvalue weighted by Gasteiger charge is -2.21. The summed E-state index contributed by atoms with van der Waals surface area (Å²) in [4.78, 5) is 24.3. The maximum absolute atomic E-state index is 12.8. The lowest BCUT2D eigenvalue weighted by molar-refractivity contribution is 0.0936. The highest BCUT2D eigenvalue weighted by Gasteiger charge is 2.52. The van der Waals surface area contributed by atoms with Gasteiger partial charge in [0.15, 0.2) is 0 Å². The zero-order valence-corrected chi connectivity index (χ0v) is 19.0. The maximum atomic E-state index is 12.8. The number of anilines is 2. The second-order valence-corrected chi connectivity index (χ2v) is 9.76. The van der Waals surface area contributed by atoms with Crippen LogP contribution in [0.25, 0.3) is 0 Å². The van der Waals surface area contributed by atoms with Crippen molar-refractivity contribution in [3.05, 3.63) is 64.7 Å². The number of amides is 1. The number of piperidine rings is 1. The van der Waals surface area contributed by atoms with Crippen molar-refractivity contribution >= 4 is 17.5 Å². The molecule has 1 saturated carbocycles. The average molecular weight is 444 g/mol. The molecule has 33 heavy (non-hydrogen) atoms. The molecule has 1 aliphatic heterocycles. The van der Waals surface area contributed by atoms with Gasteiger partial charge in [-0.1, -0.05) is 13.0 Å². The van der Waals surface area contributed by atoms with Crippen molar-refractivity contribution in [2.24, 2.45) is 17.8 Å². The Kier molecular flexibility index (Phi) is 4.64. The van der Waals surface area contributed by atoms with Crippen LogP contribution >= 0.6 is 0 Å². The molecule has 6 rings (SSSR count). The molecule has 0 aromatic carbocycles. The minimum atomic E-state index is -0.124. The first kappa shape index (κ1) is 20.2. The molecule has 3 aromatic heterocycles. The molecule has 1 amide bonds. The van der Waals surface area contributed by atoms with Crippen LogP contribution in [0.3, 0.4) is 0 Å². The number of carbonyl (C=O) groups excluding carboxylic acids is 1. The standard InChI is InChI=1S/C25H29N7O/c1-14-20-12-31(13-21(14)20)23-6-3-16(15(2)29-23)10-32-11-17(9-28-32)25(33)30-22-5-4-19-18(22)7-8-27-24(19)26/h3,6-9,11,14,20-22H,4-5,10,12-13H2,1-2H3,(H2,26,27)(H,30,33)/t14-,20+,21-,22-/m1/s1. The summed E-state index contributed by atoms with van der Waals surface area (Å²) in [5, 5.41) is 7.54. The van der Waals surface area contributed by atoms with Gasteiger partial charge in [-0.25, -0.2) is 9.97 Å². The third-order valence-corrected chi connectivity index (χ3v) is 7.84. The van der Waals surface area contributed by atoms with E-state index in [4.69, 9.17) is 10.7 Å². The molecule has 0 unspecified atom stereocenters. The molecule has 8 nitrogen and oxygen atoms in total. The van der Waals surface area contributed by atoms with Gasteiger partial charge in [-0.2, -0.15) is 5.10 Å². The Morgan fingerprint density at radius 1 is 1.24 bits per heavy atom. The van der Waals surface area contributed by atoms with E-state index >= 15 is 0 Å². The molecule has 3 aliphatic rings. The van der Waals surface area contributed by atoms with Crippen molar-refractivity contribution in [2.75, 3.05) is 23.7 Å². The zero-order chi connectivity index (χ0) is 22.7. The second-order valence-electron chi connectivity index (χ2n) is 9.76. The average Bonchev–Trinajstić information content (AvgIpc) is 3.31. The Morgan fingerprint density at radius 2 is 2.06 bits per heavy atom. The van der Waals surface area contributed by atoms with E-state index in [1.54, 1.807) is 23.3 Å². The number of nitrogens with zero attached hydrogens (tertiary/aromatic N) is 5. The van der Waals surface area contributed by atoms with Crippen LogP contribution < -0.4 is 16.0 Å². The van der Waals surface area contributed by atoms with Gasteiger partial charge in [0.25, 0.3) is 5.91 Å². The van der Waals surface area contributed by atoms with Crippen molar-refractivity contribution in [1.82, 2.24) is 25.1 Å². The number of pyridine rings is 2. The largest absolute Gasteiger partial charge is 0.383 e. The van der Waals surface area contributed by atoms with E-state index in [1.165, 1.54) is 0 Å². The van der Waals surface area contributed by atoms with Crippen molar-refractivity contribution in [3.8, 4) is 0 Å². The van der Waals surface area contributed by atoms with Crippen LogP contribution in [0, 0.1) is 24.7 Å². The number of hydrogen-bond donors (Lipinski definition) is 2. The lowest BCUT2D eigenvalue weighted by Crippen LogP contribution is -2.26. The van der Waals surface area contributed by atoms with E-state index in [-0.39, 0.29) is 11.9 Å². The summed E-state index contributed by atoms with van der Waals surface area (Å²) in [6.45, 7) is 7.25. The van der Waals surface area contributed by atoms with Crippen molar-refractivity contribution in [3.63, 3.8) is 0 Å². The highest BCUT2D eigenvalue weighted by atomic mass is 16.1. The molecule has 1 saturated heterocycles. The van der Waals surface area contributed by atoms with Gasteiger partial charge in [-0.15, -0.1) is 0 Å². The van der Waals surface area contributed by atoms with E-state index in [2.05, 4.69) is 39.4 Å². The van der Waals surface area contributed by atoms with Gasteiger partial charge in [0.2, 0.25) is 0 Å². The van der Waals surface area contributed by atoms with Crippen molar-refractivity contribution < 1.29 is 4.79 Å². The summed E-state index contributed by atoms with van der Waals surface area (Å²) in [7, 11) is 0. The lowest BCUT2D eigenvalue weighted by atomic mass is 10.1. The summed E-state index contributed by atoms with van der Waals surface area (Å²) >= 11 is 0. The molecule has 0 radical (unpaired) electrons. The molecule has 8 heteroatoms. The van der Waals surface area contributed by atoms with Gasteiger partial charge >= 0.3 is 0 Å². The van der Waals surface area contributed by atoms with Gasteiger partial charge < -0.3 is 16.0 Å². The minimum absolute atomic E-state index is 0.0419. The fraction of sp³-hybridized carbons (Fsp3) is 0.440. The van der Waals surface area contributed by atoms with Crippen LogP contribution in [-0.2, 0) is 13.0 Å². The molecule has 4 heterocycles. The first-order valence-corrected chi connectivity index (χ1v) is 11.8. The molecule has 2 fully saturated rings. The number of aryl methyl sites for hydroxylation is 1. The Morgan fingerprint density at radius 3 is 2.85 bits per heavy atom. The van der Waals surface area contributed by atoms with E-state index < -0.39 is 0 Å². The number of nitrogen functional groups attached to an aromatic ring is 1. The first-order chi connectivity index (χ1) is 16.0. The van der Waals surface area contributed by atoms with Crippen LogP contribution in [-0.4, -0.2) is 38.7 Å². The second kappa shape index (κ2) is 7.57. The van der Waals surface area contributed by atoms with E-state index in [9.17, 15) is 4.79 Å². The summed E-state index contributed by atoms with van der Waals surface area (Å²) in [6.07, 6.45) is 6.79. The van der Waals surface area contributed by atoms with E-state index in [0.717, 1.165) is 71.9 Å². The van der Waals surface area contributed by atoms with Gasteiger partial charge in [0, 0.05) is 31.2 Å². The number of nitrogens with two attached hydrogens (primary N) is 1. The molecule has 3 N–H and O–H groups in total. The highest BCUT2D eigenvalue weighted by molar-refractivity contribution is 5.94. The van der Waals surface area contributed by atoms with E-state index in [0.29, 0.717) is 17.9 Å². The number of rotatable bonds is 5. The normalized spacial score (nSPS) is 25.1. The molecule has 0 spiro atoms. The summed E-state index contributed by atoms with van der Waals surface area (Å²) in [6, 6.07) is 6.16. The molecule has 170 valence electrons. The van der Waals surface area contributed by atoms with Crippen LogP contribution in [0.15, 0.2) is 36.8 Å². The fourth-order valence-corrected chi connectivity index (χ4v) is 5.63. The third kappa shape index (κ3) is 3.53. The number of aromatic nitrogens is 4. The summed E-state index contributed by atoms with van der Waals surface area (Å²) in [5.41, 5.74) is 10.8. The summed E-state index contributed by atoms with van der Waals surface area (Å²) in [5.74, 6) is 4.10. The maximum Gasteiger partial charge on any atom is 0.254 e. The Labute approximate surface area is 193 Å². The zero-order valence-electron chi connectivity index (χ0n) is 19.0. The Bertz CT molecular complexity index is 1220. The molecular weight excluding hydrogens is 414 g/mol. The Balaban J connectivity index is 1.11. The number of hydrogen-bond acceptors (Lipinski definition) is 6. The molecule has 3 aromatic rings. The molecular formula is C25H29N7O. The van der Waals surface area contributed by atoms with Crippen LogP contribution in [0.1, 0.15) is 52.1 Å².